The molecule has 0 fully saturated rings. The van der Waals surface area contributed by atoms with Crippen LogP contribution in [0.5, 0.6) is 0 Å². The summed E-state index contributed by atoms with van der Waals surface area (Å²) in [4.78, 5) is 12.9. The third-order valence-electron chi connectivity index (χ3n) is 1.87. The van der Waals surface area contributed by atoms with Crippen molar-refractivity contribution in [3.05, 3.63) is 16.3 Å². The van der Waals surface area contributed by atoms with Crippen LogP contribution in [-0.2, 0) is 4.74 Å². The zero-order chi connectivity index (χ0) is 11.5. The van der Waals surface area contributed by atoms with Crippen LogP contribution < -0.4 is 0 Å². The van der Waals surface area contributed by atoms with Gasteiger partial charge in [0.25, 0.3) is 0 Å². The Hall–Kier alpha value is -0.480. The van der Waals surface area contributed by atoms with Crippen molar-refractivity contribution in [1.29, 1.82) is 0 Å². The molecule has 0 aromatic carbocycles. The van der Waals surface area contributed by atoms with Gasteiger partial charge in [-0.15, -0.1) is 24.0 Å². The van der Waals surface area contributed by atoms with Crippen LogP contribution in [0.15, 0.2) is 16.3 Å². The number of hydrogen-bond acceptors (Lipinski definition) is 4. The molecule has 0 saturated carbocycles. The van der Waals surface area contributed by atoms with Gasteiger partial charge in [-0.2, -0.15) is 0 Å². The second-order valence-corrected chi connectivity index (χ2v) is 6.04. The first-order valence-electron chi connectivity index (χ1n) is 4.83. The zero-order valence-electron chi connectivity index (χ0n) is 9.24. The summed E-state index contributed by atoms with van der Waals surface area (Å²) < 4.78 is 5.15. The fourth-order valence-corrected chi connectivity index (χ4v) is 1.99. The first kappa shape index (κ1) is 12.6. The number of carbonyl (C=O) groups excluding carboxylic acids is 1. The first-order valence-corrected chi connectivity index (χ1v) is 6.16. The molecule has 0 aliphatic heterocycles. The highest BCUT2D eigenvalue weighted by Gasteiger charge is 2.13. The van der Waals surface area contributed by atoms with Crippen molar-refractivity contribution in [1.82, 2.24) is 0 Å². The first-order chi connectivity index (χ1) is 6.88. The normalized spacial score (nSPS) is 11.5. The fraction of sp³-hybridized carbons (Fsp3) is 0.545. The van der Waals surface area contributed by atoms with Crippen LogP contribution in [0.2, 0.25) is 0 Å². The van der Waals surface area contributed by atoms with Crippen LogP contribution in [0.1, 0.15) is 36.9 Å². The summed E-state index contributed by atoms with van der Waals surface area (Å²) in [6.07, 6.45) is 0.873. The quantitative estimate of drug-likeness (QED) is 0.649. The molecule has 0 aliphatic carbocycles. The van der Waals surface area contributed by atoms with Crippen molar-refractivity contribution in [2.24, 2.45) is 5.41 Å². The van der Waals surface area contributed by atoms with Crippen molar-refractivity contribution in [2.75, 3.05) is 6.61 Å². The number of hydrogen-bond donors (Lipinski definition) is 1. The van der Waals surface area contributed by atoms with E-state index >= 15 is 0 Å². The third kappa shape index (κ3) is 4.71. The van der Waals surface area contributed by atoms with Gasteiger partial charge in [-0.05, 0) is 17.9 Å². The number of rotatable bonds is 3. The van der Waals surface area contributed by atoms with E-state index in [2.05, 4.69) is 33.4 Å². The summed E-state index contributed by atoms with van der Waals surface area (Å²) in [5.41, 5.74) is 0.199. The lowest BCUT2D eigenvalue weighted by Gasteiger charge is -2.17. The molecule has 1 heterocycles. The molecule has 0 N–H and O–H groups in total. The molecule has 0 unspecified atom stereocenters. The Kier molecular flexibility index (Phi) is 4.22. The number of thiophene rings is 1. The molecular formula is C11H16O2S2. The number of thiol groups is 1. The summed E-state index contributed by atoms with van der Waals surface area (Å²) in [6.45, 7) is 6.84. The van der Waals surface area contributed by atoms with E-state index in [-0.39, 0.29) is 11.4 Å². The van der Waals surface area contributed by atoms with Crippen molar-refractivity contribution in [3.8, 4) is 0 Å². The zero-order valence-corrected chi connectivity index (χ0v) is 11.0. The number of carbonyl (C=O) groups is 1. The molecule has 1 aromatic heterocycles. The van der Waals surface area contributed by atoms with Crippen LogP contribution >= 0.6 is 24.0 Å². The Morgan fingerprint density at radius 3 is 2.67 bits per heavy atom. The fourth-order valence-electron chi connectivity index (χ4n) is 0.954. The lowest BCUT2D eigenvalue weighted by atomic mass is 9.93. The second kappa shape index (κ2) is 5.03. The number of esters is 1. The average molecular weight is 244 g/mol. The molecule has 1 rings (SSSR count). The van der Waals surface area contributed by atoms with E-state index in [1.165, 1.54) is 11.3 Å². The molecule has 4 heteroatoms. The predicted molar refractivity (Wildman–Crippen MR) is 65.9 cm³/mol. The Balaban J connectivity index is 2.37. The topological polar surface area (TPSA) is 26.3 Å². The summed E-state index contributed by atoms with van der Waals surface area (Å²) in [5.74, 6) is -0.246. The monoisotopic (exact) mass is 244 g/mol. The number of ether oxygens (including phenoxy) is 1. The molecule has 0 amide bonds. The van der Waals surface area contributed by atoms with Gasteiger partial charge in [0.15, 0.2) is 0 Å². The van der Waals surface area contributed by atoms with Crippen LogP contribution in [0.3, 0.4) is 0 Å². The Morgan fingerprint density at radius 1 is 1.53 bits per heavy atom. The Labute approximate surface area is 100 Å². The van der Waals surface area contributed by atoms with Crippen molar-refractivity contribution in [2.45, 2.75) is 32.1 Å². The standard InChI is InChI=1S/C11H16O2S2/c1-11(2,3)4-5-13-10(12)9-6-8(14)7-15-9/h6-7,14H,4-5H2,1-3H3. The molecule has 0 spiro atoms. The maximum Gasteiger partial charge on any atom is 0.348 e. The van der Waals surface area contributed by atoms with Gasteiger partial charge < -0.3 is 4.74 Å². The van der Waals surface area contributed by atoms with Gasteiger partial charge in [0, 0.05) is 10.3 Å². The third-order valence-corrected chi connectivity index (χ3v) is 3.22. The summed E-state index contributed by atoms with van der Waals surface area (Å²) in [5, 5.41) is 1.82. The minimum Gasteiger partial charge on any atom is -0.461 e. The van der Waals surface area contributed by atoms with Crippen molar-refractivity contribution >= 4 is 29.9 Å². The van der Waals surface area contributed by atoms with Gasteiger partial charge in [0.1, 0.15) is 4.88 Å². The molecule has 0 aliphatic rings. The molecule has 0 bridgehead atoms. The highest BCUT2D eigenvalue weighted by molar-refractivity contribution is 7.80. The lowest BCUT2D eigenvalue weighted by molar-refractivity contribution is 0.0470. The van der Waals surface area contributed by atoms with Gasteiger partial charge in [-0.25, -0.2) is 4.79 Å². The van der Waals surface area contributed by atoms with Gasteiger partial charge in [0.2, 0.25) is 0 Å². The summed E-state index contributed by atoms with van der Waals surface area (Å²) in [7, 11) is 0. The van der Waals surface area contributed by atoms with E-state index in [4.69, 9.17) is 4.74 Å². The predicted octanol–water partition coefficient (Wildman–Crippen LogP) is 3.63. The van der Waals surface area contributed by atoms with Crippen LogP contribution in [0, 0.1) is 5.41 Å². The SMILES string of the molecule is CC(C)(C)CCOC(=O)c1cc(S)cs1. The van der Waals surface area contributed by atoms with E-state index < -0.39 is 0 Å². The smallest absolute Gasteiger partial charge is 0.348 e. The Morgan fingerprint density at radius 2 is 2.20 bits per heavy atom. The van der Waals surface area contributed by atoms with Gasteiger partial charge in [0.05, 0.1) is 6.61 Å². The summed E-state index contributed by atoms with van der Waals surface area (Å²) in [6, 6.07) is 1.73. The highest BCUT2D eigenvalue weighted by atomic mass is 32.1. The van der Waals surface area contributed by atoms with Gasteiger partial charge >= 0.3 is 5.97 Å². The molecule has 0 radical (unpaired) electrons. The van der Waals surface area contributed by atoms with Crippen LogP contribution in [0.4, 0.5) is 0 Å². The van der Waals surface area contributed by atoms with Crippen molar-refractivity contribution in [3.63, 3.8) is 0 Å². The van der Waals surface area contributed by atoms with Gasteiger partial charge in [-0.1, -0.05) is 20.8 Å². The molecule has 0 saturated heterocycles. The average Bonchev–Trinajstić information content (AvgIpc) is 2.49. The lowest BCUT2D eigenvalue weighted by Crippen LogP contribution is -2.12. The van der Waals surface area contributed by atoms with Gasteiger partial charge in [-0.3, -0.25) is 0 Å². The highest BCUT2D eigenvalue weighted by Crippen LogP contribution is 2.20. The minimum absolute atomic E-state index is 0.199. The molecule has 2 nitrogen and oxygen atoms in total. The van der Waals surface area contributed by atoms with E-state index in [0.29, 0.717) is 11.5 Å². The molecular weight excluding hydrogens is 228 g/mol. The second-order valence-electron chi connectivity index (χ2n) is 4.62. The molecule has 84 valence electrons. The van der Waals surface area contributed by atoms with Crippen molar-refractivity contribution < 1.29 is 9.53 Å². The van der Waals surface area contributed by atoms with E-state index in [1.54, 1.807) is 6.07 Å². The maximum atomic E-state index is 11.5. The Bertz CT molecular complexity index is 337. The molecule has 0 atom stereocenters. The largest absolute Gasteiger partial charge is 0.461 e. The van der Waals surface area contributed by atoms with E-state index in [1.807, 2.05) is 5.38 Å². The molecule has 15 heavy (non-hydrogen) atoms. The van der Waals surface area contributed by atoms with E-state index in [0.717, 1.165) is 11.3 Å². The van der Waals surface area contributed by atoms with Crippen LogP contribution in [-0.4, -0.2) is 12.6 Å². The summed E-state index contributed by atoms with van der Waals surface area (Å²) >= 11 is 5.50. The van der Waals surface area contributed by atoms with Crippen LogP contribution in [0.25, 0.3) is 0 Å². The molecule has 1 aromatic rings. The minimum atomic E-state index is -0.246. The maximum absolute atomic E-state index is 11.5. The van der Waals surface area contributed by atoms with E-state index in [9.17, 15) is 4.79 Å².